The molecule has 0 aliphatic heterocycles. The van der Waals surface area contributed by atoms with Crippen LogP contribution < -0.4 is 27.4 Å². The van der Waals surface area contributed by atoms with Crippen LogP contribution in [0.3, 0.4) is 0 Å². The Kier molecular flexibility index (Phi) is 12.1. The van der Waals surface area contributed by atoms with Gasteiger partial charge in [-0.3, -0.25) is 19.2 Å². The lowest BCUT2D eigenvalue weighted by Crippen LogP contribution is -2.58. The first-order chi connectivity index (χ1) is 18.9. The summed E-state index contributed by atoms with van der Waals surface area (Å²) >= 11 is 0. The number of phenolic OH excluding ortho intramolecular Hbond substituents is 1. The van der Waals surface area contributed by atoms with Gasteiger partial charge in [0.2, 0.25) is 23.6 Å². The number of benzene rings is 2. The molecule has 40 heavy (non-hydrogen) atoms. The minimum absolute atomic E-state index is 0.00198. The van der Waals surface area contributed by atoms with E-state index in [1.807, 2.05) is 0 Å². The second kappa shape index (κ2) is 15.2. The molecule has 4 amide bonds. The maximum Gasteiger partial charge on any atom is 0.326 e. The second-order valence-electron chi connectivity index (χ2n) is 9.86. The van der Waals surface area contributed by atoms with Crippen molar-refractivity contribution in [3.8, 4) is 5.75 Å². The van der Waals surface area contributed by atoms with Gasteiger partial charge in [-0.1, -0.05) is 56.3 Å². The third-order valence-electron chi connectivity index (χ3n) is 6.19. The van der Waals surface area contributed by atoms with E-state index in [0.29, 0.717) is 11.1 Å². The Bertz CT molecular complexity index is 1170. The first-order valence-corrected chi connectivity index (χ1v) is 12.9. The molecule has 4 unspecified atom stereocenters. The van der Waals surface area contributed by atoms with Crippen LogP contribution >= 0.6 is 0 Å². The molecule has 0 fully saturated rings. The Labute approximate surface area is 232 Å². The predicted molar refractivity (Wildman–Crippen MR) is 147 cm³/mol. The highest BCUT2D eigenvalue weighted by atomic mass is 16.4. The monoisotopic (exact) mass is 555 g/mol. The van der Waals surface area contributed by atoms with E-state index in [1.165, 1.54) is 12.1 Å². The Balaban J connectivity index is 2.12. The fraction of sp³-hybridized carbons (Fsp3) is 0.393. The Morgan fingerprint density at radius 1 is 0.775 bits per heavy atom. The summed E-state index contributed by atoms with van der Waals surface area (Å²) in [6.45, 7) is 3.38. The van der Waals surface area contributed by atoms with Crippen molar-refractivity contribution >= 4 is 29.6 Å². The van der Waals surface area contributed by atoms with Crippen molar-refractivity contribution in [2.45, 2.75) is 63.7 Å². The van der Waals surface area contributed by atoms with Gasteiger partial charge in [-0.2, -0.15) is 0 Å². The van der Waals surface area contributed by atoms with Gasteiger partial charge in [0.1, 0.15) is 23.9 Å². The van der Waals surface area contributed by atoms with E-state index in [0.717, 1.165) is 0 Å². The van der Waals surface area contributed by atoms with Gasteiger partial charge in [0, 0.05) is 12.8 Å². The van der Waals surface area contributed by atoms with Gasteiger partial charge in [0.05, 0.1) is 6.04 Å². The van der Waals surface area contributed by atoms with Crippen molar-refractivity contribution in [3.63, 3.8) is 0 Å². The minimum Gasteiger partial charge on any atom is -0.508 e. The summed E-state index contributed by atoms with van der Waals surface area (Å²) in [4.78, 5) is 62.3. The van der Waals surface area contributed by atoms with Gasteiger partial charge in [-0.15, -0.1) is 0 Å². The van der Waals surface area contributed by atoms with E-state index in [2.05, 4.69) is 16.0 Å². The average Bonchev–Trinajstić information content (AvgIpc) is 2.90. The first-order valence-electron chi connectivity index (χ1n) is 12.9. The number of carboxylic acid groups (broad SMARTS) is 1. The number of aromatic hydroxyl groups is 1. The summed E-state index contributed by atoms with van der Waals surface area (Å²) < 4.78 is 0. The quantitative estimate of drug-likeness (QED) is 0.158. The van der Waals surface area contributed by atoms with Crippen LogP contribution in [0.5, 0.6) is 5.75 Å². The lowest BCUT2D eigenvalue weighted by Gasteiger charge is -2.27. The molecule has 0 heterocycles. The van der Waals surface area contributed by atoms with Gasteiger partial charge < -0.3 is 37.6 Å². The normalized spacial score (nSPS) is 13.9. The second-order valence-corrected chi connectivity index (χ2v) is 9.86. The molecule has 4 atom stereocenters. The molecule has 2 rings (SSSR count). The van der Waals surface area contributed by atoms with Crippen LogP contribution in [0.2, 0.25) is 0 Å². The molecule has 12 heteroatoms. The molecule has 9 N–H and O–H groups in total. The highest BCUT2D eigenvalue weighted by Crippen LogP contribution is 2.12. The molecule has 0 bridgehead atoms. The van der Waals surface area contributed by atoms with Crippen molar-refractivity contribution < 1.29 is 34.2 Å². The molecule has 0 spiro atoms. The number of primary amides is 1. The maximum atomic E-state index is 13.2. The van der Waals surface area contributed by atoms with Crippen molar-refractivity contribution in [2.24, 2.45) is 17.4 Å². The Morgan fingerprint density at radius 2 is 1.35 bits per heavy atom. The zero-order chi connectivity index (χ0) is 29.8. The summed E-state index contributed by atoms with van der Waals surface area (Å²) in [6, 6.07) is 10.2. The van der Waals surface area contributed by atoms with Crippen molar-refractivity contribution in [2.75, 3.05) is 0 Å². The van der Waals surface area contributed by atoms with Crippen molar-refractivity contribution in [1.82, 2.24) is 16.0 Å². The summed E-state index contributed by atoms with van der Waals surface area (Å²) in [6.07, 6.45) is -0.267. The third kappa shape index (κ3) is 10.4. The largest absolute Gasteiger partial charge is 0.508 e. The zero-order valence-electron chi connectivity index (χ0n) is 22.5. The number of hydrogen-bond acceptors (Lipinski definition) is 7. The summed E-state index contributed by atoms with van der Waals surface area (Å²) in [5.74, 6) is -4.44. The van der Waals surface area contributed by atoms with Crippen LogP contribution in [-0.4, -0.2) is 64.0 Å². The number of nitrogens with two attached hydrogens (primary N) is 2. The van der Waals surface area contributed by atoms with Gasteiger partial charge in [0.25, 0.3) is 0 Å². The van der Waals surface area contributed by atoms with E-state index in [9.17, 15) is 34.2 Å². The van der Waals surface area contributed by atoms with Crippen molar-refractivity contribution in [1.29, 1.82) is 0 Å². The molecular formula is C28H37N5O7. The smallest absolute Gasteiger partial charge is 0.326 e. The number of carboxylic acids is 1. The standard InChI is InChI=1S/C28H37N5O7/c1-16(2)24(33-25(36)20(29)14-18-8-10-19(34)11-9-18)27(38)31-21(12-13-23(30)35)26(37)32-22(28(39)40)15-17-6-4-3-5-7-17/h3-11,16,20-22,24,34H,12-15,29H2,1-2H3,(H2,30,35)(H,31,38)(H,32,37)(H,33,36)(H,39,40). The van der Waals surface area contributed by atoms with Crippen LogP contribution in [0.1, 0.15) is 37.8 Å². The van der Waals surface area contributed by atoms with E-state index in [1.54, 1.807) is 56.3 Å². The maximum absolute atomic E-state index is 13.2. The van der Waals surface area contributed by atoms with Crippen LogP contribution in [0, 0.1) is 5.92 Å². The molecule has 2 aromatic carbocycles. The molecule has 0 aromatic heterocycles. The average molecular weight is 556 g/mol. The number of hydrogen-bond donors (Lipinski definition) is 7. The third-order valence-corrected chi connectivity index (χ3v) is 6.19. The van der Waals surface area contributed by atoms with Crippen LogP contribution in [0.15, 0.2) is 54.6 Å². The Morgan fingerprint density at radius 3 is 1.90 bits per heavy atom. The number of carbonyl (C=O) groups is 5. The van der Waals surface area contributed by atoms with Gasteiger partial charge in [-0.05, 0) is 42.0 Å². The fourth-order valence-electron chi connectivity index (χ4n) is 3.91. The SMILES string of the molecule is CC(C)C(NC(=O)C(N)Cc1ccc(O)cc1)C(=O)NC(CCC(N)=O)C(=O)NC(Cc1ccccc1)C(=O)O. The fourth-order valence-corrected chi connectivity index (χ4v) is 3.91. The molecule has 0 radical (unpaired) electrons. The van der Waals surface area contributed by atoms with E-state index in [-0.39, 0.29) is 31.4 Å². The van der Waals surface area contributed by atoms with Crippen molar-refractivity contribution in [3.05, 3.63) is 65.7 Å². The molecular weight excluding hydrogens is 518 g/mol. The van der Waals surface area contributed by atoms with Gasteiger partial charge >= 0.3 is 5.97 Å². The number of phenols is 1. The van der Waals surface area contributed by atoms with Crippen LogP contribution in [-0.2, 0) is 36.8 Å². The lowest BCUT2D eigenvalue weighted by atomic mass is 10.00. The highest BCUT2D eigenvalue weighted by molar-refractivity contribution is 5.94. The molecule has 216 valence electrons. The number of nitrogens with one attached hydrogen (secondary N) is 3. The molecule has 0 aliphatic carbocycles. The molecule has 0 saturated heterocycles. The minimum atomic E-state index is -1.29. The van der Waals surface area contributed by atoms with E-state index >= 15 is 0 Å². The van der Waals surface area contributed by atoms with Crippen LogP contribution in [0.25, 0.3) is 0 Å². The number of aliphatic carboxylic acids is 1. The summed E-state index contributed by atoms with van der Waals surface area (Å²) in [5.41, 5.74) is 12.7. The number of amides is 4. The van der Waals surface area contributed by atoms with Gasteiger partial charge in [-0.25, -0.2) is 4.79 Å². The topological polar surface area (TPSA) is 214 Å². The van der Waals surface area contributed by atoms with E-state index < -0.39 is 59.7 Å². The summed E-state index contributed by atoms with van der Waals surface area (Å²) in [5, 5.41) is 26.6. The first kappa shape index (κ1) is 31.8. The van der Waals surface area contributed by atoms with Gasteiger partial charge in [0.15, 0.2) is 0 Å². The summed E-state index contributed by atoms with van der Waals surface area (Å²) in [7, 11) is 0. The van der Waals surface area contributed by atoms with Crippen LogP contribution in [0.4, 0.5) is 0 Å². The predicted octanol–water partition coefficient (Wildman–Crippen LogP) is -0.0348. The highest BCUT2D eigenvalue weighted by Gasteiger charge is 2.32. The molecule has 2 aromatic rings. The zero-order valence-corrected chi connectivity index (χ0v) is 22.5. The van der Waals surface area contributed by atoms with E-state index in [4.69, 9.17) is 11.5 Å². The lowest BCUT2D eigenvalue weighted by molar-refractivity contribution is -0.142. The molecule has 12 nitrogen and oxygen atoms in total. The number of rotatable bonds is 15. The molecule has 0 saturated carbocycles. The Hall–Kier alpha value is -4.45. The molecule has 0 aliphatic rings. The number of carbonyl (C=O) groups excluding carboxylic acids is 4.